The van der Waals surface area contributed by atoms with Gasteiger partial charge in [0.25, 0.3) is 5.91 Å². The van der Waals surface area contributed by atoms with Crippen LogP contribution in [0.2, 0.25) is 0 Å². The Morgan fingerprint density at radius 1 is 0.880 bits per heavy atom. The maximum Gasteiger partial charge on any atom is 0.274 e. The van der Waals surface area contributed by atoms with Crippen molar-refractivity contribution < 1.29 is 4.79 Å². The number of carbonyl (C=O) groups excluding carboxylic acids is 1. The largest absolute Gasteiger partial charge is 0.352 e. The lowest BCUT2D eigenvalue weighted by Crippen LogP contribution is -2.47. The molecule has 2 aliphatic heterocycles. The quantitative estimate of drug-likeness (QED) is 0.819. The number of hydrogen-bond acceptors (Lipinski definition) is 7. The normalized spacial score (nSPS) is 17.8. The number of rotatable bonds is 3. The van der Waals surface area contributed by atoms with E-state index >= 15 is 0 Å². The van der Waals surface area contributed by atoms with E-state index in [1.807, 2.05) is 11.0 Å². The first-order valence-electron chi connectivity index (χ1n) is 8.69. The Morgan fingerprint density at radius 2 is 1.56 bits per heavy atom. The minimum Gasteiger partial charge on any atom is -0.352 e. The van der Waals surface area contributed by atoms with Gasteiger partial charge in [-0.25, -0.2) is 15.0 Å². The lowest BCUT2D eigenvalue weighted by atomic mass is 10.3. The molecular formula is C17H21N7O. The highest BCUT2D eigenvalue weighted by Crippen LogP contribution is 2.17. The SMILES string of the molecule is O=C(c1cncc(N2CCN(c3ncccn3)CC2)n1)N1CCCC1. The number of nitrogens with zero attached hydrogens (tertiary/aromatic N) is 7. The molecule has 4 heterocycles. The molecule has 0 radical (unpaired) electrons. The second-order valence-corrected chi connectivity index (χ2v) is 6.28. The van der Waals surface area contributed by atoms with E-state index in [2.05, 4.69) is 29.7 Å². The maximum atomic E-state index is 12.5. The Balaban J connectivity index is 1.43. The molecule has 0 aliphatic carbocycles. The van der Waals surface area contributed by atoms with Crippen LogP contribution in [0.5, 0.6) is 0 Å². The van der Waals surface area contributed by atoms with E-state index in [0.29, 0.717) is 5.69 Å². The van der Waals surface area contributed by atoms with Crippen LogP contribution >= 0.6 is 0 Å². The number of hydrogen-bond donors (Lipinski definition) is 0. The fourth-order valence-corrected chi connectivity index (χ4v) is 3.28. The van der Waals surface area contributed by atoms with E-state index in [4.69, 9.17) is 0 Å². The molecule has 8 heteroatoms. The highest BCUT2D eigenvalue weighted by Gasteiger charge is 2.23. The van der Waals surface area contributed by atoms with Gasteiger partial charge in [-0.05, 0) is 18.9 Å². The van der Waals surface area contributed by atoms with E-state index in [9.17, 15) is 4.79 Å². The van der Waals surface area contributed by atoms with Gasteiger partial charge in [0.2, 0.25) is 5.95 Å². The molecule has 0 aromatic carbocycles. The predicted octanol–water partition coefficient (Wildman–Crippen LogP) is 0.829. The fourth-order valence-electron chi connectivity index (χ4n) is 3.28. The highest BCUT2D eigenvalue weighted by atomic mass is 16.2. The van der Waals surface area contributed by atoms with Crippen molar-refractivity contribution in [2.45, 2.75) is 12.8 Å². The monoisotopic (exact) mass is 339 g/mol. The summed E-state index contributed by atoms with van der Waals surface area (Å²) in [6, 6.07) is 1.82. The zero-order valence-electron chi connectivity index (χ0n) is 14.1. The van der Waals surface area contributed by atoms with Gasteiger partial charge in [-0.3, -0.25) is 9.78 Å². The predicted molar refractivity (Wildman–Crippen MR) is 93.6 cm³/mol. The second kappa shape index (κ2) is 7.00. The van der Waals surface area contributed by atoms with Crippen molar-refractivity contribution in [3.63, 3.8) is 0 Å². The summed E-state index contributed by atoms with van der Waals surface area (Å²) >= 11 is 0. The topological polar surface area (TPSA) is 78.4 Å². The zero-order chi connectivity index (χ0) is 17.1. The van der Waals surface area contributed by atoms with Gasteiger partial charge in [-0.15, -0.1) is 0 Å². The smallest absolute Gasteiger partial charge is 0.274 e. The molecule has 4 rings (SSSR count). The van der Waals surface area contributed by atoms with E-state index in [0.717, 1.165) is 63.9 Å². The molecule has 0 spiro atoms. The molecule has 0 atom stereocenters. The van der Waals surface area contributed by atoms with Crippen molar-refractivity contribution in [1.82, 2.24) is 24.8 Å². The summed E-state index contributed by atoms with van der Waals surface area (Å²) in [5.41, 5.74) is 0.438. The molecule has 2 fully saturated rings. The van der Waals surface area contributed by atoms with E-state index in [1.165, 1.54) is 0 Å². The third-order valence-electron chi connectivity index (χ3n) is 4.67. The van der Waals surface area contributed by atoms with Gasteiger partial charge >= 0.3 is 0 Å². The fraction of sp³-hybridized carbons (Fsp3) is 0.471. The molecule has 130 valence electrons. The Bertz CT molecular complexity index is 725. The molecule has 2 aromatic heterocycles. The first-order valence-corrected chi connectivity index (χ1v) is 8.69. The minimum atomic E-state index is -0.0110. The first-order chi connectivity index (χ1) is 12.3. The Morgan fingerprint density at radius 3 is 2.28 bits per heavy atom. The first kappa shape index (κ1) is 15.7. The highest BCUT2D eigenvalue weighted by molar-refractivity contribution is 5.92. The van der Waals surface area contributed by atoms with Crippen LogP contribution in [-0.4, -0.2) is 70.0 Å². The van der Waals surface area contributed by atoms with Crippen LogP contribution in [0, 0.1) is 0 Å². The Hall–Kier alpha value is -2.77. The number of piperazine rings is 1. The third-order valence-corrected chi connectivity index (χ3v) is 4.67. The van der Waals surface area contributed by atoms with Gasteiger partial charge in [-0.1, -0.05) is 0 Å². The van der Waals surface area contributed by atoms with E-state index < -0.39 is 0 Å². The lowest BCUT2D eigenvalue weighted by Gasteiger charge is -2.35. The van der Waals surface area contributed by atoms with Crippen LogP contribution in [0.4, 0.5) is 11.8 Å². The van der Waals surface area contributed by atoms with Crippen molar-refractivity contribution in [2.24, 2.45) is 0 Å². The molecule has 0 saturated carbocycles. The molecule has 2 aromatic rings. The zero-order valence-corrected chi connectivity index (χ0v) is 14.1. The summed E-state index contributed by atoms with van der Waals surface area (Å²) in [4.78, 5) is 36.1. The lowest BCUT2D eigenvalue weighted by molar-refractivity contribution is 0.0786. The molecule has 1 amide bonds. The van der Waals surface area contributed by atoms with Gasteiger partial charge in [0.15, 0.2) is 0 Å². The van der Waals surface area contributed by atoms with Crippen molar-refractivity contribution >= 4 is 17.7 Å². The number of carbonyl (C=O) groups is 1. The van der Waals surface area contributed by atoms with Crippen molar-refractivity contribution in [2.75, 3.05) is 49.1 Å². The number of anilines is 2. The molecule has 0 N–H and O–H groups in total. The van der Waals surface area contributed by atoms with E-state index in [1.54, 1.807) is 24.8 Å². The standard InChI is InChI=1S/C17H21N7O/c25-16(23-6-1-2-7-23)14-12-18-13-15(21-14)22-8-10-24(11-9-22)17-19-4-3-5-20-17/h3-5,12-13H,1-2,6-11H2. The molecule has 2 aliphatic rings. The van der Waals surface area contributed by atoms with Gasteiger partial charge < -0.3 is 14.7 Å². The average molecular weight is 339 g/mol. The maximum absolute atomic E-state index is 12.5. The number of aromatic nitrogens is 4. The summed E-state index contributed by atoms with van der Waals surface area (Å²) < 4.78 is 0. The summed E-state index contributed by atoms with van der Waals surface area (Å²) in [6.07, 6.45) is 8.96. The van der Waals surface area contributed by atoms with Crippen LogP contribution < -0.4 is 9.80 Å². The Kier molecular flexibility index (Phi) is 4.41. The third kappa shape index (κ3) is 3.38. The number of likely N-dealkylation sites (tertiary alicyclic amines) is 1. The van der Waals surface area contributed by atoms with Crippen LogP contribution in [0.3, 0.4) is 0 Å². The van der Waals surface area contributed by atoms with Crippen molar-refractivity contribution in [1.29, 1.82) is 0 Å². The van der Waals surface area contributed by atoms with Crippen LogP contribution in [0.25, 0.3) is 0 Å². The number of amides is 1. The van der Waals surface area contributed by atoms with Crippen LogP contribution in [0.1, 0.15) is 23.3 Å². The summed E-state index contributed by atoms with van der Waals surface area (Å²) in [6.45, 7) is 4.87. The molecular weight excluding hydrogens is 318 g/mol. The molecule has 0 bridgehead atoms. The van der Waals surface area contributed by atoms with Crippen LogP contribution in [0.15, 0.2) is 30.9 Å². The molecule has 8 nitrogen and oxygen atoms in total. The average Bonchev–Trinajstić information content (AvgIpc) is 3.23. The van der Waals surface area contributed by atoms with Gasteiger partial charge in [0, 0.05) is 51.7 Å². The Labute approximate surface area is 146 Å². The molecule has 25 heavy (non-hydrogen) atoms. The summed E-state index contributed by atoms with van der Waals surface area (Å²) in [5.74, 6) is 1.51. The van der Waals surface area contributed by atoms with Crippen molar-refractivity contribution in [3.05, 3.63) is 36.5 Å². The summed E-state index contributed by atoms with van der Waals surface area (Å²) in [7, 11) is 0. The van der Waals surface area contributed by atoms with Gasteiger partial charge in [0.1, 0.15) is 11.5 Å². The molecule has 2 saturated heterocycles. The van der Waals surface area contributed by atoms with E-state index in [-0.39, 0.29) is 5.91 Å². The summed E-state index contributed by atoms with van der Waals surface area (Å²) in [5, 5.41) is 0. The van der Waals surface area contributed by atoms with Crippen molar-refractivity contribution in [3.8, 4) is 0 Å². The van der Waals surface area contributed by atoms with Gasteiger partial charge in [0.05, 0.1) is 12.4 Å². The molecule has 0 unspecified atom stereocenters. The van der Waals surface area contributed by atoms with Gasteiger partial charge in [-0.2, -0.15) is 0 Å². The minimum absolute atomic E-state index is 0.0110. The second-order valence-electron chi connectivity index (χ2n) is 6.28. The van der Waals surface area contributed by atoms with Crippen LogP contribution in [-0.2, 0) is 0 Å².